The molecule has 2 aromatic carbocycles. The van der Waals surface area contributed by atoms with Gasteiger partial charge in [-0.25, -0.2) is 4.39 Å². The van der Waals surface area contributed by atoms with Crippen LogP contribution in [0.25, 0.3) is 11.4 Å². The number of amides is 1. The number of halogens is 1. The molecule has 1 aliphatic carbocycles. The fourth-order valence-corrected chi connectivity index (χ4v) is 4.82. The molecule has 0 spiro atoms. The van der Waals surface area contributed by atoms with Gasteiger partial charge in [-0.05, 0) is 55.5 Å². The SMILES string of the molecule is O=C(c1ccc(CSc2nnc(-c3ccccc3F)n2C2CC2)cc1)N1CCCC1. The maximum Gasteiger partial charge on any atom is 0.253 e. The van der Waals surface area contributed by atoms with Crippen LogP contribution in [-0.4, -0.2) is 38.7 Å². The number of benzene rings is 2. The molecule has 2 heterocycles. The normalized spacial score (nSPS) is 16.2. The predicted molar refractivity (Wildman–Crippen MR) is 115 cm³/mol. The van der Waals surface area contributed by atoms with E-state index < -0.39 is 0 Å². The predicted octanol–water partition coefficient (Wildman–Crippen LogP) is 4.95. The lowest BCUT2D eigenvalue weighted by atomic mass is 10.1. The Hall–Kier alpha value is -2.67. The molecule has 2 fully saturated rings. The molecule has 1 amide bonds. The third-order valence-corrected chi connectivity index (χ3v) is 6.67. The molecule has 154 valence electrons. The third kappa shape index (κ3) is 3.86. The van der Waals surface area contributed by atoms with Crippen LogP contribution in [0, 0.1) is 5.82 Å². The molecule has 5 rings (SSSR count). The van der Waals surface area contributed by atoms with Gasteiger partial charge in [0.1, 0.15) is 5.82 Å². The van der Waals surface area contributed by atoms with Crippen molar-refractivity contribution in [2.45, 2.75) is 42.6 Å². The van der Waals surface area contributed by atoms with Crippen molar-refractivity contribution in [3.8, 4) is 11.4 Å². The first-order valence-electron chi connectivity index (χ1n) is 10.4. The lowest BCUT2D eigenvalue weighted by molar-refractivity contribution is 0.0793. The van der Waals surface area contributed by atoms with Crippen LogP contribution in [0.15, 0.2) is 53.7 Å². The van der Waals surface area contributed by atoms with E-state index in [1.807, 2.05) is 35.2 Å². The fraction of sp³-hybridized carbons (Fsp3) is 0.348. The second kappa shape index (κ2) is 8.22. The minimum absolute atomic E-state index is 0.120. The van der Waals surface area contributed by atoms with E-state index in [9.17, 15) is 9.18 Å². The van der Waals surface area contributed by atoms with Crippen molar-refractivity contribution in [3.05, 3.63) is 65.5 Å². The number of hydrogen-bond donors (Lipinski definition) is 0. The van der Waals surface area contributed by atoms with Gasteiger partial charge in [0.15, 0.2) is 11.0 Å². The molecule has 1 saturated carbocycles. The number of carbonyl (C=O) groups excluding carboxylic acids is 1. The Labute approximate surface area is 179 Å². The fourth-order valence-electron chi connectivity index (χ4n) is 3.86. The molecule has 3 aromatic rings. The Morgan fingerprint density at radius 1 is 1.03 bits per heavy atom. The molecule has 0 bridgehead atoms. The minimum Gasteiger partial charge on any atom is -0.339 e. The highest BCUT2D eigenvalue weighted by Crippen LogP contribution is 2.41. The van der Waals surface area contributed by atoms with E-state index in [-0.39, 0.29) is 11.7 Å². The van der Waals surface area contributed by atoms with Crippen molar-refractivity contribution in [1.82, 2.24) is 19.7 Å². The summed E-state index contributed by atoms with van der Waals surface area (Å²) >= 11 is 1.60. The Balaban J connectivity index is 1.31. The van der Waals surface area contributed by atoms with Crippen LogP contribution in [0.4, 0.5) is 4.39 Å². The molecule has 1 aliphatic heterocycles. The number of rotatable bonds is 6. The molecule has 2 aliphatic rings. The highest BCUT2D eigenvalue weighted by molar-refractivity contribution is 7.98. The van der Waals surface area contributed by atoms with Crippen LogP contribution in [0.5, 0.6) is 0 Å². The standard InChI is InChI=1S/C23H23FN4OS/c24-20-6-2-1-5-19(20)21-25-26-23(28(21)18-11-12-18)30-15-16-7-9-17(10-8-16)22(29)27-13-3-4-14-27/h1-2,5-10,18H,3-4,11-15H2. The van der Waals surface area contributed by atoms with Gasteiger partial charge in [0.05, 0.1) is 5.56 Å². The van der Waals surface area contributed by atoms with Gasteiger partial charge in [0.2, 0.25) is 0 Å². The summed E-state index contributed by atoms with van der Waals surface area (Å²) in [5.74, 6) is 1.17. The Morgan fingerprint density at radius 3 is 2.47 bits per heavy atom. The van der Waals surface area contributed by atoms with Crippen molar-refractivity contribution < 1.29 is 9.18 Å². The summed E-state index contributed by atoms with van der Waals surface area (Å²) in [5, 5.41) is 9.47. The molecule has 5 nitrogen and oxygen atoms in total. The van der Waals surface area contributed by atoms with Gasteiger partial charge >= 0.3 is 0 Å². The van der Waals surface area contributed by atoms with Crippen molar-refractivity contribution in [3.63, 3.8) is 0 Å². The van der Waals surface area contributed by atoms with Gasteiger partial charge in [-0.3, -0.25) is 9.36 Å². The first kappa shape index (κ1) is 19.3. The lowest BCUT2D eigenvalue weighted by Gasteiger charge is -2.15. The topological polar surface area (TPSA) is 51.0 Å². The van der Waals surface area contributed by atoms with Gasteiger partial charge in [0.25, 0.3) is 5.91 Å². The van der Waals surface area contributed by atoms with Crippen LogP contribution in [0.3, 0.4) is 0 Å². The zero-order chi connectivity index (χ0) is 20.5. The number of thioether (sulfide) groups is 1. The zero-order valence-electron chi connectivity index (χ0n) is 16.6. The number of likely N-dealkylation sites (tertiary alicyclic amines) is 1. The number of nitrogens with zero attached hydrogens (tertiary/aromatic N) is 4. The summed E-state index contributed by atoms with van der Waals surface area (Å²) in [5.41, 5.74) is 2.36. The molecule has 0 N–H and O–H groups in total. The molecule has 30 heavy (non-hydrogen) atoms. The van der Waals surface area contributed by atoms with E-state index in [0.717, 1.165) is 60.8 Å². The van der Waals surface area contributed by atoms with Gasteiger partial charge in [0, 0.05) is 30.4 Å². The van der Waals surface area contributed by atoms with Crippen molar-refractivity contribution in [2.24, 2.45) is 0 Å². The quantitative estimate of drug-likeness (QED) is 0.528. The monoisotopic (exact) mass is 422 g/mol. The highest BCUT2D eigenvalue weighted by Gasteiger charge is 2.31. The summed E-state index contributed by atoms with van der Waals surface area (Å²) in [6, 6.07) is 14.9. The largest absolute Gasteiger partial charge is 0.339 e. The van der Waals surface area contributed by atoms with Crippen LogP contribution in [0.1, 0.15) is 47.6 Å². The minimum atomic E-state index is -0.276. The first-order valence-corrected chi connectivity index (χ1v) is 11.4. The van der Waals surface area contributed by atoms with Crippen molar-refractivity contribution >= 4 is 17.7 Å². The molecule has 1 aromatic heterocycles. The summed E-state index contributed by atoms with van der Waals surface area (Å²) in [7, 11) is 0. The van der Waals surface area contributed by atoms with E-state index in [1.54, 1.807) is 23.9 Å². The second-order valence-electron chi connectivity index (χ2n) is 7.87. The molecular weight excluding hydrogens is 399 g/mol. The Morgan fingerprint density at radius 2 is 1.77 bits per heavy atom. The first-order chi connectivity index (χ1) is 14.7. The second-order valence-corrected chi connectivity index (χ2v) is 8.81. The number of hydrogen-bond acceptors (Lipinski definition) is 4. The summed E-state index contributed by atoms with van der Waals surface area (Å²) in [4.78, 5) is 14.4. The van der Waals surface area contributed by atoms with Crippen LogP contribution in [0.2, 0.25) is 0 Å². The maximum absolute atomic E-state index is 14.3. The zero-order valence-corrected chi connectivity index (χ0v) is 17.4. The van der Waals surface area contributed by atoms with E-state index in [2.05, 4.69) is 14.8 Å². The van der Waals surface area contributed by atoms with Crippen molar-refractivity contribution in [1.29, 1.82) is 0 Å². The molecule has 1 saturated heterocycles. The van der Waals surface area contributed by atoms with E-state index in [1.165, 1.54) is 6.07 Å². The molecule has 0 atom stereocenters. The Bertz CT molecular complexity index is 1060. The van der Waals surface area contributed by atoms with Gasteiger partial charge in [-0.2, -0.15) is 0 Å². The van der Waals surface area contributed by atoms with E-state index >= 15 is 0 Å². The molecule has 0 unspecified atom stereocenters. The third-order valence-electron chi connectivity index (χ3n) is 5.65. The van der Waals surface area contributed by atoms with Crippen LogP contribution >= 0.6 is 11.8 Å². The average molecular weight is 423 g/mol. The van der Waals surface area contributed by atoms with Gasteiger partial charge in [-0.15, -0.1) is 10.2 Å². The highest BCUT2D eigenvalue weighted by atomic mass is 32.2. The molecule has 7 heteroatoms. The van der Waals surface area contributed by atoms with Gasteiger partial charge < -0.3 is 4.90 Å². The number of aromatic nitrogens is 3. The maximum atomic E-state index is 14.3. The smallest absolute Gasteiger partial charge is 0.253 e. The van der Waals surface area contributed by atoms with Crippen LogP contribution < -0.4 is 0 Å². The van der Waals surface area contributed by atoms with Crippen molar-refractivity contribution in [2.75, 3.05) is 13.1 Å². The van der Waals surface area contributed by atoms with E-state index in [4.69, 9.17) is 0 Å². The van der Waals surface area contributed by atoms with Crippen LogP contribution in [-0.2, 0) is 5.75 Å². The van der Waals surface area contributed by atoms with Gasteiger partial charge in [-0.1, -0.05) is 36.0 Å². The molecule has 0 radical (unpaired) electrons. The summed E-state index contributed by atoms with van der Waals surface area (Å²) in [6.45, 7) is 1.72. The molecular formula is C23H23FN4OS. The average Bonchev–Trinajstić information content (AvgIpc) is 3.29. The number of carbonyl (C=O) groups is 1. The lowest BCUT2D eigenvalue weighted by Crippen LogP contribution is -2.27. The summed E-state index contributed by atoms with van der Waals surface area (Å²) in [6.07, 6.45) is 4.33. The van der Waals surface area contributed by atoms with E-state index in [0.29, 0.717) is 17.4 Å². The summed E-state index contributed by atoms with van der Waals surface area (Å²) < 4.78 is 16.4. The Kier molecular flexibility index (Phi) is 5.29.